The molecular weight excluding hydrogens is 624 g/mol. The predicted octanol–water partition coefficient (Wildman–Crippen LogP) is 4.09. The van der Waals surface area contributed by atoms with Crippen LogP contribution in [0, 0.1) is 0 Å². The minimum Gasteiger partial charge on any atom is -0.508 e. The number of hydrogen-bond acceptors (Lipinski definition) is 7. The van der Waals surface area contributed by atoms with Gasteiger partial charge in [-0.3, -0.25) is 19.2 Å². The first-order valence-electron chi connectivity index (χ1n) is 17.1. The Morgan fingerprint density at radius 1 is 0.939 bits per heavy atom. The summed E-state index contributed by atoms with van der Waals surface area (Å²) < 4.78 is 11.8. The Balaban J connectivity index is 1.24. The van der Waals surface area contributed by atoms with Crippen molar-refractivity contribution in [1.82, 2.24) is 20.9 Å². The fourth-order valence-electron chi connectivity index (χ4n) is 6.30. The van der Waals surface area contributed by atoms with Crippen molar-refractivity contribution in [3.63, 3.8) is 0 Å². The molecule has 11 heteroatoms. The maximum absolute atomic E-state index is 13.5. The summed E-state index contributed by atoms with van der Waals surface area (Å²) >= 11 is 0. The lowest BCUT2D eigenvalue weighted by Gasteiger charge is -2.25. The highest BCUT2D eigenvalue weighted by molar-refractivity contribution is 5.99. The van der Waals surface area contributed by atoms with Crippen LogP contribution in [0.5, 0.6) is 17.2 Å². The fourth-order valence-corrected chi connectivity index (χ4v) is 6.30. The number of nitrogens with zero attached hydrogens (tertiary/aromatic N) is 1. The Hall–Kier alpha value is -5.06. The highest BCUT2D eigenvalue weighted by atomic mass is 16.5. The molecular formula is C38H46N4O7. The molecule has 0 radical (unpaired) electrons. The molecule has 0 spiro atoms. The lowest BCUT2D eigenvalue weighted by molar-refractivity contribution is -0.135. The first kappa shape index (κ1) is 35.3. The van der Waals surface area contributed by atoms with Crippen molar-refractivity contribution in [1.29, 1.82) is 0 Å². The van der Waals surface area contributed by atoms with Crippen LogP contribution < -0.4 is 25.4 Å². The van der Waals surface area contributed by atoms with Crippen molar-refractivity contribution < 1.29 is 33.8 Å². The van der Waals surface area contributed by atoms with Crippen LogP contribution in [0.2, 0.25) is 0 Å². The van der Waals surface area contributed by atoms with Crippen molar-refractivity contribution in [3.8, 4) is 17.2 Å². The minimum atomic E-state index is -1.04. The first-order chi connectivity index (χ1) is 23.8. The Morgan fingerprint density at radius 3 is 2.43 bits per heavy atom. The van der Waals surface area contributed by atoms with Crippen molar-refractivity contribution >= 4 is 23.6 Å². The Kier molecular flexibility index (Phi) is 12.5. The van der Waals surface area contributed by atoms with Crippen LogP contribution >= 0.6 is 0 Å². The van der Waals surface area contributed by atoms with E-state index in [0.717, 1.165) is 5.56 Å². The molecule has 2 aliphatic rings. The van der Waals surface area contributed by atoms with Crippen molar-refractivity contribution in [2.75, 3.05) is 33.4 Å². The number of likely N-dealkylation sites (N-methyl/N-ethyl adjacent to an activating group) is 1. The van der Waals surface area contributed by atoms with E-state index < -0.39 is 29.8 Å². The molecule has 0 aromatic heterocycles. The fraction of sp³-hybridized carbons (Fsp3) is 0.421. The molecule has 1 saturated carbocycles. The van der Waals surface area contributed by atoms with Gasteiger partial charge in [0.1, 0.15) is 42.5 Å². The Labute approximate surface area is 287 Å². The molecule has 49 heavy (non-hydrogen) atoms. The third-order valence-electron chi connectivity index (χ3n) is 9.11. The Bertz CT molecular complexity index is 1570. The van der Waals surface area contributed by atoms with Crippen molar-refractivity contribution in [3.05, 3.63) is 89.5 Å². The molecule has 2 atom stereocenters. The van der Waals surface area contributed by atoms with E-state index in [0.29, 0.717) is 17.4 Å². The van der Waals surface area contributed by atoms with Crippen LogP contribution in [-0.2, 0) is 20.8 Å². The van der Waals surface area contributed by atoms with Crippen LogP contribution in [0.15, 0.2) is 72.8 Å². The van der Waals surface area contributed by atoms with Crippen LogP contribution in [0.3, 0.4) is 0 Å². The number of hydrogen-bond donors (Lipinski definition) is 4. The average molecular weight is 671 g/mol. The van der Waals surface area contributed by atoms with Gasteiger partial charge in [-0.25, -0.2) is 0 Å². The van der Waals surface area contributed by atoms with Gasteiger partial charge in [-0.05, 0) is 72.7 Å². The topological polar surface area (TPSA) is 146 Å². The van der Waals surface area contributed by atoms with E-state index in [1.807, 2.05) is 12.1 Å². The van der Waals surface area contributed by atoms with E-state index in [2.05, 4.69) is 28.1 Å². The molecule has 260 valence electrons. The molecule has 0 saturated heterocycles. The third kappa shape index (κ3) is 10.2. The number of nitrogens with one attached hydrogen (secondary N) is 3. The molecule has 0 bridgehead atoms. The molecule has 1 fully saturated rings. The number of fused-ring (bicyclic) bond motifs is 1. The number of carbonyl (C=O) groups excluding carboxylic acids is 4. The molecule has 3 aromatic rings. The quantitative estimate of drug-likeness (QED) is 0.264. The van der Waals surface area contributed by atoms with E-state index in [1.54, 1.807) is 43.4 Å². The number of carbonyl (C=O) groups is 4. The highest BCUT2D eigenvalue weighted by Crippen LogP contribution is 2.33. The zero-order chi connectivity index (χ0) is 34.6. The summed E-state index contributed by atoms with van der Waals surface area (Å²) in [5.74, 6) is -0.0128. The molecule has 4 N–H and O–H groups in total. The number of aromatic hydroxyl groups is 1. The molecule has 3 aromatic carbocycles. The summed E-state index contributed by atoms with van der Waals surface area (Å²) in [6, 6.07) is 19.3. The van der Waals surface area contributed by atoms with Crippen molar-refractivity contribution in [2.24, 2.45) is 0 Å². The number of phenols is 1. The number of phenolic OH excluding ortho intramolecular Hbond substituents is 1. The molecule has 1 aliphatic carbocycles. The van der Waals surface area contributed by atoms with Gasteiger partial charge in [0, 0.05) is 19.9 Å². The normalized spacial score (nSPS) is 19.7. The maximum Gasteiger partial charge on any atom is 0.255 e. The number of benzene rings is 3. The van der Waals surface area contributed by atoms with E-state index in [-0.39, 0.29) is 62.8 Å². The van der Waals surface area contributed by atoms with Gasteiger partial charge in [-0.2, -0.15) is 0 Å². The van der Waals surface area contributed by atoms with Gasteiger partial charge in [0.05, 0.1) is 18.7 Å². The number of para-hydroxylation sites is 1. The number of amides is 4. The molecule has 1 aliphatic heterocycles. The lowest BCUT2D eigenvalue weighted by atomic mass is 9.84. The van der Waals surface area contributed by atoms with Gasteiger partial charge in [0.25, 0.3) is 5.91 Å². The zero-order valence-electron chi connectivity index (χ0n) is 28.0. The second kappa shape index (κ2) is 17.4. The maximum atomic E-state index is 13.5. The minimum absolute atomic E-state index is 0.00806. The van der Waals surface area contributed by atoms with Crippen LogP contribution in [-0.4, -0.2) is 79.1 Å². The summed E-state index contributed by atoms with van der Waals surface area (Å²) in [4.78, 5) is 55.0. The molecule has 1 heterocycles. The van der Waals surface area contributed by atoms with E-state index >= 15 is 0 Å². The molecule has 11 nitrogen and oxygen atoms in total. The first-order valence-corrected chi connectivity index (χ1v) is 17.1. The lowest BCUT2D eigenvalue weighted by Crippen LogP contribution is -2.50. The van der Waals surface area contributed by atoms with Gasteiger partial charge < -0.3 is 35.4 Å². The summed E-state index contributed by atoms with van der Waals surface area (Å²) in [7, 11) is 1.62. The standard InChI is InChI=1S/C38H46N4O7/c1-42-22-24-49-34-10-6-5-9-31(34)36(45)41-32(19-20-35(44)40-33(38(42)47)25-26-11-15-29(43)16-12-26)37(46)39-21-23-48-30-17-13-28(14-18-30)27-7-3-2-4-8-27/h5-6,9-18,27,32-33,43H,2-4,7-8,19-25H2,1H3,(H,39,46)(H,40,44)(H,41,45)/t32-,33-/m0/s1. The van der Waals surface area contributed by atoms with Gasteiger partial charge in [-0.1, -0.05) is 55.7 Å². The van der Waals surface area contributed by atoms with Crippen LogP contribution in [0.4, 0.5) is 0 Å². The number of ether oxygens (including phenoxy) is 2. The van der Waals surface area contributed by atoms with E-state index in [9.17, 15) is 24.3 Å². The smallest absolute Gasteiger partial charge is 0.255 e. The summed E-state index contributed by atoms with van der Waals surface area (Å²) in [5, 5.41) is 18.1. The van der Waals surface area contributed by atoms with E-state index in [1.165, 1.54) is 54.7 Å². The largest absolute Gasteiger partial charge is 0.508 e. The van der Waals surface area contributed by atoms with Crippen LogP contribution in [0.1, 0.15) is 72.3 Å². The summed E-state index contributed by atoms with van der Waals surface area (Å²) in [5.41, 5.74) is 2.32. The Morgan fingerprint density at radius 2 is 1.67 bits per heavy atom. The molecule has 0 unspecified atom stereocenters. The highest BCUT2D eigenvalue weighted by Gasteiger charge is 2.28. The van der Waals surface area contributed by atoms with Crippen LogP contribution in [0.25, 0.3) is 0 Å². The van der Waals surface area contributed by atoms with Crippen molar-refractivity contribution in [2.45, 2.75) is 69.4 Å². The summed E-state index contributed by atoms with van der Waals surface area (Å²) in [6.07, 6.45) is 6.37. The van der Waals surface area contributed by atoms with Gasteiger partial charge in [-0.15, -0.1) is 0 Å². The van der Waals surface area contributed by atoms with Gasteiger partial charge >= 0.3 is 0 Å². The van der Waals surface area contributed by atoms with E-state index in [4.69, 9.17) is 9.47 Å². The second-order valence-electron chi connectivity index (χ2n) is 12.7. The molecule has 5 rings (SSSR count). The number of rotatable bonds is 8. The summed E-state index contributed by atoms with van der Waals surface area (Å²) in [6.45, 7) is 0.714. The van der Waals surface area contributed by atoms with Gasteiger partial charge in [0.15, 0.2) is 0 Å². The average Bonchev–Trinajstić information content (AvgIpc) is 3.12. The molecule has 4 amide bonds. The second-order valence-corrected chi connectivity index (χ2v) is 12.7. The monoisotopic (exact) mass is 670 g/mol. The van der Waals surface area contributed by atoms with Gasteiger partial charge in [0.2, 0.25) is 17.7 Å². The SMILES string of the molecule is CN1CCOc2ccccc2C(=O)N[C@H](C(=O)NCCOc2ccc(C3CCCCC3)cc2)CCC(=O)N[C@@H](Cc2ccc(O)cc2)C1=O. The predicted molar refractivity (Wildman–Crippen MR) is 185 cm³/mol. The zero-order valence-corrected chi connectivity index (χ0v) is 28.0. The third-order valence-corrected chi connectivity index (χ3v) is 9.11.